The molecule has 0 bridgehead atoms. The average Bonchev–Trinajstić information content (AvgIpc) is 2.43. The lowest BCUT2D eigenvalue weighted by Gasteiger charge is -2.31. The number of nitrogens with two attached hydrogens (primary N) is 1. The lowest BCUT2D eigenvalue weighted by atomic mass is 9.96. The highest BCUT2D eigenvalue weighted by Crippen LogP contribution is 2.19. The number of halogens is 3. The van der Waals surface area contributed by atoms with Gasteiger partial charge in [-0.3, -0.25) is 4.79 Å². The molecule has 2 N–H and O–H groups in total. The van der Waals surface area contributed by atoms with Crippen molar-refractivity contribution in [3.63, 3.8) is 0 Å². The van der Waals surface area contributed by atoms with Gasteiger partial charge in [-0.1, -0.05) is 6.07 Å². The molecule has 112 valence electrons. The summed E-state index contributed by atoms with van der Waals surface area (Å²) in [6.07, 6.45) is 2.29. The fourth-order valence-corrected chi connectivity index (χ4v) is 2.78. The van der Waals surface area contributed by atoms with Gasteiger partial charge in [-0.05, 0) is 58.9 Å². The second-order valence-electron chi connectivity index (χ2n) is 4.99. The largest absolute Gasteiger partial charge is 0.342 e. The molecule has 0 aromatic heterocycles. The number of amides is 1. The minimum atomic E-state index is -0.306. The molecule has 1 amide bonds. The molecular weight excluding hydrogens is 347 g/mol. The molecule has 20 heavy (non-hydrogen) atoms. The number of carbonyl (C=O) groups is 1. The van der Waals surface area contributed by atoms with E-state index in [-0.39, 0.29) is 24.1 Å². The zero-order valence-electron chi connectivity index (χ0n) is 11.1. The van der Waals surface area contributed by atoms with E-state index in [1.165, 1.54) is 6.07 Å². The van der Waals surface area contributed by atoms with E-state index in [1.807, 2.05) is 4.90 Å². The van der Waals surface area contributed by atoms with Crippen molar-refractivity contribution in [2.45, 2.75) is 19.3 Å². The van der Waals surface area contributed by atoms with Crippen LogP contribution in [0, 0.1) is 11.7 Å². The Kier molecular flexibility index (Phi) is 6.92. The van der Waals surface area contributed by atoms with Gasteiger partial charge in [0.05, 0.1) is 10.9 Å². The second-order valence-corrected chi connectivity index (χ2v) is 5.84. The Hall–Kier alpha value is -0.650. The van der Waals surface area contributed by atoms with Gasteiger partial charge in [-0.15, -0.1) is 12.4 Å². The molecule has 0 atom stereocenters. The van der Waals surface area contributed by atoms with Crippen molar-refractivity contribution in [2.75, 3.05) is 19.6 Å². The Labute approximate surface area is 133 Å². The third-order valence-corrected chi connectivity index (χ3v) is 4.25. The van der Waals surface area contributed by atoms with Crippen molar-refractivity contribution in [3.8, 4) is 0 Å². The van der Waals surface area contributed by atoms with Crippen molar-refractivity contribution in [2.24, 2.45) is 11.7 Å². The smallest absolute Gasteiger partial charge is 0.226 e. The van der Waals surface area contributed by atoms with Gasteiger partial charge in [0.2, 0.25) is 5.91 Å². The molecule has 0 saturated carbocycles. The van der Waals surface area contributed by atoms with Crippen molar-refractivity contribution in [1.29, 1.82) is 0 Å². The molecule has 1 fully saturated rings. The van der Waals surface area contributed by atoms with Crippen LogP contribution in [0.25, 0.3) is 0 Å². The van der Waals surface area contributed by atoms with Crippen LogP contribution in [0.3, 0.4) is 0 Å². The number of rotatable bonds is 3. The summed E-state index contributed by atoms with van der Waals surface area (Å²) in [6, 6.07) is 4.71. The molecule has 1 heterocycles. The first-order chi connectivity index (χ1) is 9.10. The Balaban J connectivity index is 0.00000200. The lowest BCUT2D eigenvalue weighted by Crippen LogP contribution is -2.40. The van der Waals surface area contributed by atoms with Crippen LogP contribution in [-0.2, 0) is 11.2 Å². The van der Waals surface area contributed by atoms with Crippen molar-refractivity contribution >= 4 is 34.2 Å². The van der Waals surface area contributed by atoms with E-state index in [1.54, 1.807) is 12.1 Å². The van der Waals surface area contributed by atoms with Crippen LogP contribution in [0.1, 0.15) is 18.4 Å². The summed E-state index contributed by atoms with van der Waals surface area (Å²) in [5, 5.41) is 0. The summed E-state index contributed by atoms with van der Waals surface area (Å²) < 4.78 is 13.5. The maximum Gasteiger partial charge on any atom is 0.226 e. The molecule has 1 aromatic rings. The Morgan fingerprint density at radius 3 is 2.60 bits per heavy atom. The Morgan fingerprint density at radius 2 is 2.05 bits per heavy atom. The molecule has 0 spiro atoms. The van der Waals surface area contributed by atoms with Gasteiger partial charge in [0.25, 0.3) is 0 Å². The molecule has 0 aliphatic carbocycles. The van der Waals surface area contributed by atoms with E-state index in [0.29, 0.717) is 23.4 Å². The van der Waals surface area contributed by atoms with Crippen LogP contribution in [-0.4, -0.2) is 30.4 Å². The molecule has 1 aromatic carbocycles. The van der Waals surface area contributed by atoms with E-state index in [2.05, 4.69) is 15.9 Å². The van der Waals surface area contributed by atoms with Gasteiger partial charge in [0.15, 0.2) is 0 Å². The summed E-state index contributed by atoms with van der Waals surface area (Å²) in [6.45, 7) is 2.26. The molecule has 2 rings (SSSR count). The zero-order chi connectivity index (χ0) is 13.8. The topological polar surface area (TPSA) is 46.3 Å². The van der Waals surface area contributed by atoms with E-state index in [9.17, 15) is 9.18 Å². The maximum absolute atomic E-state index is 13.1. The number of hydrogen-bond donors (Lipinski definition) is 1. The first-order valence-corrected chi connectivity index (χ1v) is 7.31. The molecule has 1 saturated heterocycles. The monoisotopic (exact) mass is 364 g/mol. The van der Waals surface area contributed by atoms with Crippen molar-refractivity contribution < 1.29 is 9.18 Å². The quantitative estimate of drug-likeness (QED) is 0.895. The van der Waals surface area contributed by atoms with Gasteiger partial charge in [0.1, 0.15) is 5.82 Å². The highest BCUT2D eigenvalue weighted by Gasteiger charge is 2.21. The van der Waals surface area contributed by atoms with Gasteiger partial charge >= 0.3 is 0 Å². The van der Waals surface area contributed by atoms with Crippen molar-refractivity contribution in [1.82, 2.24) is 4.90 Å². The predicted octanol–water partition coefficient (Wildman–Crippen LogP) is 2.75. The number of carbonyl (C=O) groups excluding carboxylic acids is 1. The van der Waals surface area contributed by atoms with Gasteiger partial charge in [-0.2, -0.15) is 0 Å². The lowest BCUT2D eigenvalue weighted by molar-refractivity contribution is -0.131. The van der Waals surface area contributed by atoms with Crippen LogP contribution in [0.5, 0.6) is 0 Å². The van der Waals surface area contributed by atoms with Crippen LogP contribution in [0.4, 0.5) is 4.39 Å². The standard InChI is InChI=1S/C14H18BrFN2O.ClH/c15-12-7-11(1-2-13(12)16)8-14(19)18-5-3-10(9-17)4-6-18;/h1-2,7,10H,3-6,8-9,17H2;1H. The molecule has 1 aliphatic rings. The summed E-state index contributed by atoms with van der Waals surface area (Å²) in [7, 11) is 0. The van der Waals surface area contributed by atoms with Crippen LogP contribution in [0.2, 0.25) is 0 Å². The van der Waals surface area contributed by atoms with Crippen molar-refractivity contribution in [3.05, 3.63) is 34.1 Å². The Bertz CT molecular complexity index is 464. The normalized spacial score (nSPS) is 15.8. The number of hydrogen-bond acceptors (Lipinski definition) is 2. The first kappa shape index (κ1) is 17.4. The summed E-state index contributed by atoms with van der Waals surface area (Å²) in [5.74, 6) is 0.345. The molecule has 0 radical (unpaired) electrons. The summed E-state index contributed by atoms with van der Waals surface area (Å²) in [4.78, 5) is 14.0. The highest BCUT2D eigenvalue weighted by molar-refractivity contribution is 9.10. The first-order valence-electron chi connectivity index (χ1n) is 6.52. The predicted molar refractivity (Wildman–Crippen MR) is 83.4 cm³/mol. The van der Waals surface area contributed by atoms with E-state index in [4.69, 9.17) is 5.73 Å². The van der Waals surface area contributed by atoms with Gasteiger partial charge < -0.3 is 10.6 Å². The number of piperidine rings is 1. The minimum Gasteiger partial charge on any atom is -0.342 e. The summed E-state index contributed by atoms with van der Waals surface area (Å²) >= 11 is 3.14. The van der Waals surface area contributed by atoms with Gasteiger partial charge in [0, 0.05) is 13.1 Å². The third-order valence-electron chi connectivity index (χ3n) is 3.64. The van der Waals surface area contributed by atoms with Crippen LogP contribution >= 0.6 is 28.3 Å². The minimum absolute atomic E-state index is 0. The third kappa shape index (κ3) is 4.43. The molecular formula is C14H19BrClFN2O. The number of nitrogens with zero attached hydrogens (tertiary/aromatic N) is 1. The zero-order valence-corrected chi connectivity index (χ0v) is 13.6. The summed E-state index contributed by atoms with van der Waals surface area (Å²) in [5.41, 5.74) is 6.47. The van der Waals surface area contributed by atoms with Gasteiger partial charge in [-0.25, -0.2) is 4.39 Å². The van der Waals surface area contributed by atoms with Crippen LogP contribution in [0.15, 0.2) is 22.7 Å². The van der Waals surface area contributed by atoms with E-state index >= 15 is 0 Å². The van der Waals surface area contributed by atoms with Crippen LogP contribution < -0.4 is 5.73 Å². The molecule has 6 heteroatoms. The SMILES string of the molecule is Cl.NCC1CCN(C(=O)Cc2ccc(F)c(Br)c2)CC1. The molecule has 3 nitrogen and oxygen atoms in total. The fraction of sp³-hybridized carbons (Fsp3) is 0.500. The highest BCUT2D eigenvalue weighted by atomic mass is 79.9. The molecule has 0 unspecified atom stereocenters. The Morgan fingerprint density at radius 1 is 1.40 bits per heavy atom. The van der Waals surface area contributed by atoms with E-state index in [0.717, 1.165) is 31.5 Å². The number of benzene rings is 1. The fourth-order valence-electron chi connectivity index (χ4n) is 2.35. The van der Waals surface area contributed by atoms with E-state index < -0.39 is 0 Å². The molecule has 1 aliphatic heterocycles. The number of likely N-dealkylation sites (tertiary alicyclic amines) is 1. The maximum atomic E-state index is 13.1. The average molecular weight is 366 g/mol. The second kappa shape index (κ2) is 7.96.